The zero-order valence-electron chi connectivity index (χ0n) is 7.37. The van der Waals surface area contributed by atoms with E-state index in [0.717, 1.165) is 0 Å². The van der Waals surface area contributed by atoms with Gasteiger partial charge < -0.3 is 9.84 Å². The summed E-state index contributed by atoms with van der Waals surface area (Å²) in [4.78, 5) is 11.2. The van der Waals surface area contributed by atoms with Crippen molar-refractivity contribution in [2.24, 2.45) is 0 Å². The second-order valence-corrected chi connectivity index (χ2v) is 2.66. The molecule has 0 aliphatic rings. The number of nitrogens with one attached hydrogen (secondary N) is 1. The molecule has 1 amide bonds. The Bertz CT molecular complexity index is 351. The van der Waals surface area contributed by atoms with E-state index >= 15 is 0 Å². The van der Waals surface area contributed by atoms with E-state index in [-0.39, 0.29) is 5.76 Å². The van der Waals surface area contributed by atoms with Crippen molar-refractivity contribution in [1.82, 2.24) is 10.5 Å². The maximum absolute atomic E-state index is 11.2. The molecule has 5 nitrogen and oxygen atoms in total. The molecule has 1 rings (SSSR count). The van der Waals surface area contributed by atoms with Gasteiger partial charge in [-0.2, -0.15) is 5.26 Å². The van der Waals surface area contributed by atoms with Crippen molar-refractivity contribution < 1.29 is 9.32 Å². The third-order valence-electron chi connectivity index (χ3n) is 1.39. The second kappa shape index (κ2) is 3.72. The lowest BCUT2D eigenvalue weighted by Crippen LogP contribution is -2.30. The topological polar surface area (TPSA) is 78.9 Å². The van der Waals surface area contributed by atoms with Gasteiger partial charge in [0, 0.05) is 6.07 Å². The molecule has 0 bridgehead atoms. The molecule has 0 aromatic carbocycles. The maximum atomic E-state index is 11.2. The van der Waals surface area contributed by atoms with Crippen molar-refractivity contribution in [1.29, 1.82) is 5.26 Å². The Kier molecular flexibility index (Phi) is 2.65. The highest BCUT2D eigenvalue weighted by molar-refractivity contribution is 5.91. The lowest BCUT2D eigenvalue weighted by molar-refractivity contribution is 0.0910. The molecule has 0 fully saturated rings. The summed E-state index contributed by atoms with van der Waals surface area (Å²) in [6.07, 6.45) is 0. The van der Waals surface area contributed by atoms with Crippen LogP contribution in [-0.2, 0) is 0 Å². The van der Waals surface area contributed by atoms with Crippen LogP contribution in [0.4, 0.5) is 0 Å². The molecule has 13 heavy (non-hydrogen) atoms. The first-order valence-corrected chi connectivity index (χ1v) is 3.77. The normalized spacial score (nSPS) is 11.8. The Balaban J connectivity index is 2.65. The average Bonchev–Trinajstić information content (AvgIpc) is 2.51. The molecule has 5 heteroatoms. The van der Waals surface area contributed by atoms with Crippen molar-refractivity contribution in [3.63, 3.8) is 0 Å². The van der Waals surface area contributed by atoms with E-state index in [9.17, 15) is 4.79 Å². The van der Waals surface area contributed by atoms with Gasteiger partial charge >= 0.3 is 0 Å². The van der Waals surface area contributed by atoms with E-state index in [0.29, 0.717) is 5.69 Å². The maximum Gasteiger partial charge on any atom is 0.290 e. The summed E-state index contributed by atoms with van der Waals surface area (Å²) in [7, 11) is 0. The van der Waals surface area contributed by atoms with Crippen molar-refractivity contribution in [3.8, 4) is 6.07 Å². The van der Waals surface area contributed by atoms with Crippen molar-refractivity contribution in [3.05, 3.63) is 17.5 Å². The molecular weight excluding hydrogens is 170 g/mol. The fourth-order valence-corrected chi connectivity index (χ4v) is 0.771. The van der Waals surface area contributed by atoms with Gasteiger partial charge in [-0.1, -0.05) is 5.16 Å². The van der Waals surface area contributed by atoms with Crippen molar-refractivity contribution >= 4 is 5.91 Å². The first-order chi connectivity index (χ1) is 6.13. The van der Waals surface area contributed by atoms with E-state index in [1.165, 1.54) is 6.07 Å². The summed E-state index contributed by atoms with van der Waals surface area (Å²) in [5.74, 6) is -0.297. The highest BCUT2D eigenvalue weighted by Crippen LogP contribution is 2.01. The molecule has 0 radical (unpaired) electrons. The number of hydrogen-bond donors (Lipinski definition) is 1. The van der Waals surface area contributed by atoms with E-state index in [1.807, 2.05) is 6.07 Å². The SMILES string of the molecule is Cc1cc(C(=O)N[C@@H](C)C#N)on1. The molecule has 0 unspecified atom stereocenters. The third-order valence-corrected chi connectivity index (χ3v) is 1.39. The smallest absolute Gasteiger partial charge is 0.290 e. The zero-order chi connectivity index (χ0) is 9.84. The lowest BCUT2D eigenvalue weighted by atomic mass is 10.3. The van der Waals surface area contributed by atoms with Gasteiger partial charge in [0.1, 0.15) is 6.04 Å². The van der Waals surface area contributed by atoms with Crippen LogP contribution in [0.1, 0.15) is 23.2 Å². The van der Waals surface area contributed by atoms with Gasteiger partial charge in [0.25, 0.3) is 5.91 Å². The molecule has 1 aromatic heterocycles. The number of nitriles is 1. The van der Waals surface area contributed by atoms with E-state index < -0.39 is 11.9 Å². The first-order valence-electron chi connectivity index (χ1n) is 3.77. The lowest BCUT2D eigenvalue weighted by Gasteiger charge is -2.01. The second-order valence-electron chi connectivity index (χ2n) is 2.66. The van der Waals surface area contributed by atoms with Gasteiger partial charge in [-0.05, 0) is 13.8 Å². The zero-order valence-corrected chi connectivity index (χ0v) is 7.37. The number of amides is 1. The number of rotatable bonds is 2. The molecule has 0 saturated carbocycles. The highest BCUT2D eigenvalue weighted by Gasteiger charge is 2.13. The molecule has 1 heterocycles. The third kappa shape index (κ3) is 2.30. The molecule has 0 spiro atoms. The Morgan fingerprint density at radius 2 is 2.54 bits per heavy atom. The Labute approximate surface area is 75.3 Å². The minimum absolute atomic E-state index is 0.125. The first kappa shape index (κ1) is 9.26. The molecule has 1 aromatic rings. The highest BCUT2D eigenvalue weighted by atomic mass is 16.5. The number of carbonyl (C=O) groups excluding carboxylic acids is 1. The van der Waals surface area contributed by atoms with Crippen LogP contribution in [0.15, 0.2) is 10.6 Å². The largest absolute Gasteiger partial charge is 0.351 e. The van der Waals surface area contributed by atoms with Crippen molar-refractivity contribution in [2.75, 3.05) is 0 Å². The van der Waals surface area contributed by atoms with Crippen LogP contribution in [0.5, 0.6) is 0 Å². The molecule has 1 atom stereocenters. The van der Waals surface area contributed by atoms with E-state index in [4.69, 9.17) is 9.78 Å². The van der Waals surface area contributed by atoms with E-state index in [2.05, 4.69) is 10.5 Å². The van der Waals surface area contributed by atoms with Gasteiger partial charge in [0.2, 0.25) is 5.76 Å². The van der Waals surface area contributed by atoms with Crippen LogP contribution < -0.4 is 5.32 Å². The standard InChI is InChI=1S/C8H9N3O2/c1-5-3-7(13-11-5)8(12)10-6(2)4-9/h3,6H,1-2H3,(H,10,12)/t6-/m0/s1. The number of hydrogen-bond acceptors (Lipinski definition) is 4. The van der Waals surface area contributed by atoms with Gasteiger partial charge in [0.15, 0.2) is 0 Å². The minimum atomic E-state index is -0.530. The van der Waals surface area contributed by atoms with Crippen LogP contribution in [0.25, 0.3) is 0 Å². The fraction of sp³-hybridized carbons (Fsp3) is 0.375. The van der Waals surface area contributed by atoms with Crippen LogP contribution in [0.3, 0.4) is 0 Å². The average molecular weight is 179 g/mol. The molecular formula is C8H9N3O2. The van der Waals surface area contributed by atoms with Gasteiger partial charge in [-0.25, -0.2) is 0 Å². The van der Waals surface area contributed by atoms with Crippen LogP contribution in [0.2, 0.25) is 0 Å². The molecule has 0 aliphatic heterocycles. The number of aromatic nitrogens is 1. The number of aryl methyl sites for hydroxylation is 1. The monoisotopic (exact) mass is 179 g/mol. The Morgan fingerprint density at radius 1 is 1.85 bits per heavy atom. The van der Waals surface area contributed by atoms with Crippen LogP contribution in [-0.4, -0.2) is 17.1 Å². The minimum Gasteiger partial charge on any atom is -0.351 e. The Hall–Kier alpha value is -1.83. The van der Waals surface area contributed by atoms with Crippen LogP contribution >= 0.6 is 0 Å². The summed E-state index contributed by atoms with van der Waals surface area (Å²) in [6.45, 7) is 3.30. The summed E-state index contributed by atoms with van der Waals surface area (Å²) in [5, 5.41) is 14.4. The van der Waals surface area contributed by atoms with Gasteiger partial charge in [-0.3, -0.25) is 4.79 Å². The van der Waals surface area contributed by atoms with Gasteiger partial charge in [-0.15, -0.1) is 0 Å². The predicted molar refractivity (Wildman–Crippen MR) is 43.8 cm³/mol. The van der Waals surface area contributed by atoms with Crippen LogP contribution in [0, 0.1) is 18.3 Å². The summed E-state index contributed by atoms with van der Waals surface area (Å²) in [6, 6.07) is 2.86. The molecule has 0 saturated heterocycles. The number of nitrogens with zero attached hydrogens (tertiary/aromatic N) is 2. The summed E-state index contributed by atoms with van der Waals surface area (Å²) < 4.78 is 4.70. The quantitative estimate of drug-likeness (QED) is 0.721. The summed E-state index contributed by atoms with van der Waals surface area (Å²) >= 11 is 0. The number of carbonyl (C=O) groups is 1. The Morgan fingerprint density at radius 3 is 3.00 bits per heavy atom. The molecule has 0 aliphatic carbocycles. The fourth-order valence-electron chi connectivity index (χ4n) is 0.771. The molecule has 1 N–H and O–H groups in total. The van der Waals surface area contributed by atoms with Gasteiger partial charge in [0.05, 0.1) is 11.8 Å². The van der Waals surface area contributed by atoms with E-state index in [1.54, 1.807) is 13.8 Å². The van der Waals surface area contributed by atoms with Crippen molar-refractivity contribution in [2.45, 2.75) is 19.9 Å². The molecule has 68 valence electrons. The summed E-state index contributed by atoms with van der Waals surface area (Å²) in [5.41, 5.74) is 0.634. The predicted octanol–water partition coefficient (Wildman–Crippen LogP) is 0.625.